The summed E-state index contributed by atoms with van der Waals surface area (Å²) in [5.74, 6) is 0.905. The fraction of sp³-hybridized carbons (Fsp3) is 0.368. The number of hydrogen-bond acceptors (Lipinski definition) is 2. The molecule has 2 aromatic carbocycles. The van der Waals surface area contributed by atoms with Crippen LogP contribution in [0.2, 0.25) is 5.02 Å². The lowest BCUT2D eigenvalue weighted by atomic mass is 9.68. The van der Waals surface area contributed by atoms with Gasteiger partial charge in [-0.2, -0.15) is 0 Å². The smallest absolute Gasteiger partial charge is 0.118 e. The van der Waals surface area contributed by atoms with E-state index in [2.05, 4.69) is 48.3 Å². The number of nitrogens with zero attached hydrogens (tertiary/aromatic N) is 1. The number of benzene rings is 2. The van der Waals surface area contributed by atoms with E-state index in [4.69, 9.17) is 16.3 Å². The molecule has 2 aromatic rings. The van der Waals surface area contributed by atoms with Gasteiger partial charge >= 0.3 is 0 Å². The van der Waals surface area contributed by atoms with Crippen molar-refractivity contribution in [1.82, 2.24) is 4.90 Å². The summed E-state index contributed by atoms with van der Waals surface area (Å²) in [6.45, 7) is 2.21. The van der Waals surface area contributed by atoms with Gasteiger partial charge in [0.1, 0.15) is 5.75 Å². The summed E-state index contributed by atoms with van der Waals surface area (Å²) in [6.07, 6.45) is 2.24. The Morgan fingerprint density at radius 3 is 1.91 bits per heavy atom. The molecule has 0 radical (unpaired) electrons. The number of ether oxygens (including phenoxy) is 1. The van der Waals surface area contributed by atoms with Gasteiger partial charge in [-0.3, -0.25) is 0 Å². The molecule has 0 bridgehead atoms. The van der Waals surface area contributed by atoms with Crippen LogP contribution < -0.4 is 4.74 Å². The molecule has 0 aromatic heterocycles. The molecule has 1 fully saturated rings. The number of likely N-dealkylation sites (tertiary alicyclic amines) is 1. The van der Waals surface area contributed by atoms with Crippen LogP contribution in [0.5, 0.6) is 5.75 Å². The zero-order chi connectivity index (χ0) is 15.6. The van der Waals surface area contributed by atoms with Gasteiger partial charge in [-0.15, -0.1) is 0 Å². The lowest BCUT2D eigenvalue weighted by Gasteiger charge is -2.42. The molecule has 116 valence electrons. The van der Waals surface area contributed by atoms with E-state index in [0.717, 1.165) is 36.7 Å². The molecule has 0 atom stereocenters. The third-order valence-corrected chi connectivity index (χ3v) is 5.13. The van der Waals surface area contributed by atoms with Crippen LogP contribution in [0.25, 0.3) is 0 Å². The monoisotopic (exact) mass is 315 g/mol. The maximum atomic E-state index is 6.08. The van der Waals surface area contributed by atoms with Crippen LogP contribution in [0.4, 0.5) is 0 Å². The molecule has 3 rings (SSSR count). The van der Waals surface area contributed by atoms with E-state index in [0.29, 0.717) is 0 Å². The molecule has 1 saturated heterocycles. The zero-order valence-corrected chi connectivity index (χ0v) is 13.9. The number of piperidine rings is 1. The van der Waals surface area contributed by atoms with Crippen LogP contribution in [0.15, 0.2) is 48.5 Å². The van der Waals surface area contributed by atoms with Crippen LogP contribution in [-0.4, -0.2) is 32.1 Å². The third-order valence-electron chi connectivity index (χ3n) is 4.88. The molecular formula is C19H22ClNO. The van der Waals surface area contributed by atoms with Gasteiger partial charge in [-0.1, -0.05) is 35.9 Å². The Bertz CT molecular complexity index is 613. The summed E-state index contributed by atoms with van der Waals surface area (Å²) in [4.78, 5) is 2.40. The lowest BCUT2D eigenvalue weighted by molar-refractivity contribution is 0.213. The van der Waals surface area contributed by atoms with E-state index in [1.807, 2.05) is 12.1 Å². The van der Waals surface area contributed by atoms with Crippen molar-refractivity contribution >= 4 is 11.6 Å². The number of hydrogen-bond donors (Lipinski definition) is 0. The van der Waals surface area contributed by atoms with Gasteiger partial charge in [0.15, 0.2) is 0 Å². The van der Waals surface area contributed by atoms with Crippen LogP contribution in [0.3, 0.4) is 0 Å². The average molecular weight is 316 g/mol. The summed E-state index contributed by atoms with van der Waals surface area (Å²) < 4.78 is 5.30. The van der Waals surface area contributed by atoms with Crippen molar-refractivity contribution in [2.45, 2.75) is 18.3 Å². The van der Waals surface area contributed by atoms with Crippen LogP contribution in [-0.2, 0) is 5.41 Å². The van der Waals surface area contributed by atoms with Crippen molar-refractivity contribution in [3.63, 3.8) is 0 Å². The van der Waals surface area contributed by atoms with Gasteiger partial charge in [0.05, 0.1) is 7.11 Å². The van der Waals surface area contributed by atoms with Crippen molar-refractivity contribution in [2.75, 3.05) is 27.2 Å². The van der Waals surface area contributed by atoms with Gasteiger partial charge < -0.3 is 9.64 Å². The van der Waals surface area contributed by atoms with Gasteiger partial charge in [0.2, 0.25) is 0 Å². The second-order valence-corrected chi connectivity index (χ2v) is 6.56. The van der Waals surface area contributed by atoms with Gasteiger partial charge in [-0.05, 0) is 68.4 Å². The first-order valence-corrected chi connectivity index (χ1v) is 8.11. The summed E-state index contributed by atoms with van der Waals surface area (Å²) in [5, 5.41) is 0.793. The minimum absolute atomic E-state index is 0.0728. The Kier molecular flexibility index (Phi) is 4.42. The molecule has 2 nitrogen and oxygen atoms in total. The Hall–Kier alpha value is -1.51. The zero-order valence-electron chi connectivity index (χ0n) is 13.2. The number of methoxy groups -OCH3 is 1. The third kappa shape index (κ3) is 2.86. The summed E-state index contributed by atoms with van der Waals surface area (Å²) in [5.41, 5.74) is 2.79. The number of rotatable bonds is 3. The normalized spacial score (nSPS) is 18.1. The van der Waals surface area contributed by atoms with Gasteiger partial charge in [0.25, 0.3) is 0 Å². The highest BCUT2D eigenvalue weighted by molar-refractivity contribution is 6.30. The molecule has 3 heteroatoms. The highest BCUT2D eigenvalue weighted by atomic mass is 35.5. The van der Waals surface area contributed by atoms with Crippen LogP contribution in [0.1, 0.15) is 24.0 Å². The van der Waals surface area contributed by atoms with Crippen LogP contribution in [0, 0.1) is 0 Å². The maximum absolute atomic E-state index is 6.08. The Labute approximate surface area is 137 Å². The van der Waals surface area contributed by atoms with Crippen LogP contribution >= 0.6 is 11.6 Å². The summed E-state index contributed by atoms with van der Waals surface area (Å²) >= 11 is 6.08. The largest absolute Gasteiger partial charge is 0.497 e. The molecule has 1 aliphatic heterocycles. The van der Waals surface area contributed by atoms with Crippen molar-refractivity contribution in [3.8, 4) is 5.75 Å². The molecule has 1 heterocycles. The fourth-order valence-electron chi connectivity index (χ4n) is 3.42. The number of halogens is 1. The standard InChI is InChI=1S/C19H22ClNO/c1-21-13-11-19(12-14-21,15-3-7-17(20)8-4-15)16-5-9-18(22-2)10-6-16/h3-10H,11-14H2,1-2H3. The molecule has 0 spiro atoms. The Morgan fingerprint density at radius 1 is 0.909 bits per heavy atom. The highest BCUT2D eigenvalue weighted by Gasteiger charge is 2.37. The topological polar surface area (TPSA) is 12.5 Å². The molecule has 1 aliphatic rings. The van der Waals surface area contributed by atoms with Crippen molar-refractivity contribution in [2.24, 2.45) is 0 Å². The van der Waals surface area contributed by atoms with Crippen molar-refractivity contribution in [3.05, 3.63) is 64.7 Å². The quantitative estimate of drug-likeness (QED) is 0.834. The van der Waals surface area contributed by atoms with E-state index < -0.39 is 0 Å². The van der Waals surface area contributed by atoms with E-state index in [1.165, 1.54) is 11.1 Å². The molecule has 0 saturated carbocycles. The van der Waals surface area contributed by atoms with Gasteiger partial charge in [-0.25, -0.2) is 0 Å². The first kappa shape index (κ1) is 15.4. The lowest BCUT2D eigenvalue weighted by Crippen LogP contribution is -2.41. The van der Waals surface area contributed by atoms with E-state index in [9.17, 15) is 0 Å². The first-order chi connectivity index (χ1) is 10.6. The molecular weight excluding hydrogens is 294 g/mol. The molecule has 22 heavy (non-hydrogen) atoms. The SMILES string of the molecule is COc1ccc(C2(c3ccc(Cl)cc3)CCN(C)CC2)cc1. The minimum Gasteiger partial charge on any atom is -0.497 e. The first-order valence-electron chi connectivity index (χ1n) is 7.73. The minimum atomic E-state index is 0.0728. The Balaban J connectivity index is 2.04. The van der Waals surface area contributed by atoms with E-state index in [-0.39, 0.29) is 5.41 Å². The Morgan fingerprint density at radius 2 is 1.41 bits per heavy atom. The summed E-state index contributed by atoms with van der Waals surface area (Å²) in [6, 6.07) is 16.9. The van der Waals surface area contributed by atoms with Crippen molar-refractivity contribution in [1.29, 1.82) is 0 Å². The summed E-state index contributed by atoms with van der Waals surface area (Å²) in [7, 11) is 3.90. The van der Waals surface area contributed by atoms with Gasteiger partial charge in [0, 0.05) is 10.4 Å². The molecule has 0 amide bonds. The maximum Gasteiger partial charge on any atom is 0.118 e. The van der Waals surface area contributed by atoms with E-state index in [1.54, 1.807) is 7.11 Å². The van der Waals surface area contributed by atoms with E-state index >= 15 is 0 Å². The average Bonchev–Trinajstić information content (AvgIpc) is 2.57. The molecule has 0 aliphatic carbocycles. The predicted molar refractivity (Wildman–Crippen MR) is 92.0 cm³/mol. The van der Waals surface area contributed by atoms with Crippen molar-refractivity contribution < 1.29 is 4.74 Å². The second kappa shape index (κ2) is 6.31. The highest BCUT2D eigenvalue weighted by Crippen LogP contribution is 2.42. The second-order valence-electron chi connectivity index (χ2n) is 6.12. The molecule has 0 N–H and O–H groups in total. The predicted octanol–water partition coefficient (Wildman–Crippen LogP) is 4.36. The fourth-order valence-corrected chi connectivity index (χ4v) is 3.55. The molecule has 0 unspecified atom stereocenters.